The topological polar surface area (TPSA) is 47.6 Å². The quantitative estimate of drug-likeness (QED) is 0.932. The van der Waals surface area contributed by atoms with E-state index in [1.54, 1.807) is 6.07 Å². The summed E-state index contributed by atoms with van der Waals surface area (Å²) in [6, 6.07) is 4.25. The summed E-state index contributed by atoms with van der Waals surface area (Å²) in [6.07, 6.45) is 5.42. The van der Waals surface area contributed by atoms with Crippen molar-refractivity contribution >= 4 is 5.91 Å². The third-order valence-corrected chi connectivity index (χ3v) is 4.47. The molecule has 0 aromatic heterocycles. The normalized spacial score (nSPS) is 23.4. The van der Waals surface area contributed by atoms with Crippen LogP contribution < -0.4 is 10.1 Å². The van der Waals surface area contributed by atoms with Gasteiger partial charge in [0.15, 0.2) is 11.6 Å². The fourth-order valence-electron chi connectivity index (χ4n) is 3.38. The van der Waals surface area contributed by atoms with Gasteiger partial charge in [0.05, 0.1) is 25.4 Å². The molecule has 0 unspecified atom stereocenters. The maximum absolute atomic E-state index is 13.6. The molecule has 1 atom stereocenters. The minimum atomic E-state index is -0.528. The SMILES string of the molecule is COc1ccc(C(=O)N[C@@H]2COC3(CCCC3)C2)cc1F. The van der Waals surface area contributed by atoms with Gasteiger partial charge in [-0.25, -0.2) is 4.39 Å². The lowest BCUT2D eigenvalue weighted by atomic mass is 9.96. The van der Waals surface area contributed by atoms with Crippen LogP contribution in [-0.2, 0) is 4.74 Å². The molecule has 1 spiro atoms. The first kappa shape index (κ1) is 14.3. The number of hydrogen-bond donors (Lipinski definition) is 1. The van der Waals surface area contributed by atoms with Crippen molar-refractivity contribution in [2.24, 2.45) is 0 Å². The number of ether oxygens (including phenoxy) is 2. The van der Waals surface area contributed by atoms with Crippen molar-refractivity contribution in [2.75, 3.05) is 13.7 Å². The van der Waals surface area contributed by atoms with E-state index in [2.05, 4.69) is 5.32 Å². The van der Waals surface area contributed by atoms with Crippen LogP contribution >= 0.6 is 0 Å². The van der Waals surface area contributed by atoms with Gasteiger partial charge in [0, 0.05) is 5.56 Å². The van der Waals surface area contributed by atoms with Gasteiger partial charge < -0.3 is 14.8 Å². The molecule has 1 saturated carbocycles. The number of carbonyl (C=O) groups is 1. The van der Waals surface area contributed by atoms with E-state index in [-0.39, 0.29) is 23.3 Å². The van der Waals surface area contributed by atoms with Crippen molar-refractivity contribution in [1.82, 2.24) is 5.32 Å². The second-order valence-corrected chi connectivity index (χ2v) is 5.92. The second-order valence-electron chi connectivity index (χ2n) is 5.92. The molecular formula is C16H20FNO3. The van der Waals surface area contributed by atoms with E-state index in [0.29, 0.717) is 12.2 Å². The van der Waals surface area contributed by atoms with Gasteiger partial charge in [-0.05, 0) is 37.5 Å². The molecule has 4 nitrogen and oxygen atoms in total. The molecule has 1 aromatic carbocycles. The van der Waals surface area contributed by atoms with E-state index in [0.717, 1.165) is 19.3 Å². The molecule has 1 saturated heterocycles. The van der Waals surface area contributed by atoms with Crippen LogP contribution in [0.3, 0.4) is 0 Å². The van der Waals surface area contributed by atoms with Crippen LogP contribution in [0, 0.1) is 5.82 Å². The predicted octanol–water partition coefficient (Wildman–Crippen LogP) is 2.67. The molecule has 1 aliphatic heterocycles. The van der Waals surface area contributed by atoms with E-state index in [9.17, 15) is 9.18 Å². The number of carbonyl (C=O) groups excluding carboxylic acids is 1. The smallest absolute Gasteiger partial charge is 0.251 e. The van der Waals surface area contributed by atoms with E-state index in [1.807, 2.05) is 0 Å². The third kappa shape index (κ3) is 2.88. The molecule has 1 N–H and O–H groups in total. The first-order chi connectivity index (χ1) is 10.1. The van der Waals surface area contributed by atoms with Crippen molar-refractivity contribution in [2.45, 2.75) is 43.7 Å². The molecule has 1 aromatic rings. The van der Waals surface area contributed by atoms with Crippen LogP contribution in [0.2, 0.25) is 0 Å². The summed E-state index contributed by atoms with van der Waals surface area (Å²) in [4.78, 5) is 12.2. The summed E-state index contributed by atoms with van der Waals surface area (Å²) in [6.45, 7) is 0.546. The molecule has 21 heavy (non-hydrogen) atoms. The van der Waals surface area contributed by atoms with Crippen LogP contribution in [-0.4, -0.2) is 31.3 Å². The van der Waals surface area contributed by atoms with Gasteiger partial charge in [0.1, 0.15) is 0 Å². The Hall–Kier alpha value is -1.62. The van der Waals surface area contributed by atoms with E-state index in [4.69, 9.17) is 9.47 Å². The third-order valence-electron chi connectivity index (χ3n) is 4.47. The maximum Gasteiger partial charge on any atom is 0.251 e. The van der Waals surface area contributed by atoms with Crippen LogP contribution in [0.5, 0.6) is 5.75 Å². The molecule has 1 aliphatic carbocycles. The lowest BCUT2D eigenvalue weighted by Crippen LogP contribution is -2.36. The predicted molar refractivity (Wildman–Crippen MR) is 76.0 cm³/mol. The summed E-state index contributed by atoms with van der Waals surface area (Å²) < 4.78 is 24.4. The Morgan fingerprint density at radius 1 is 1.43 bits per heavy atom. The van der Waals surface area contributed by atoms with Crippen molar-refractivity contribution in [3.8, 4) is 5.75 Å². The largest absolute Gasteiger partial charge is 0.494 e. The Kier molecular flexibility index (Phi) is 3.85. The van der Waals surface area contributed by atoms with Gasteiger partial charge in [-0.2, -0.15) is 0 Å². The molecule has 5 heteroatoms. The summed E-state index contributed by atoms with van der Waals surface area (Å²) in [7, 11) is 1.40. The highest BCUT2D eigenvalue weighted by molar-refractivity contribution is 5.94. The van der Waals surface area contributed by atoms with Gasteiger partial charge in [-0.3, -0.25) is 4.79 Å². The first-order valence-electron chi connectivity index (χ1n) is 7.40. The molecule has 3 rings (SSSR count). The molecule has 1 heterocycles. The highest BCUT2D eigenvalue weighted by Gasteiger charge is 2.42. The highest BCUT2D eigenvalue weighted by Crippen LogP contribution is 2.40. The zero-order valence-electron chi connectivity index (χ0n) is 12.2. The minimum absolute atomic E-state index is 0.0146. The molecule has 0 radical (unpaired) electrons. The van der Waals surface area contributed by atoms with Crippen LogP contribution in [0.15, 0.2) is 18.2 Å². The molecule has 2 fully saturated rings. The van der Waals surface area contributed by atoms with Crippen molar-refractivity contribution in [3.05, 3.63) is 29.6 Å². The van der Waals surface area contributed by atoms with Gasteiger partial charge in [0.2, 0.25) is 0 Å². The number of hydrogen-bond acceptors (Lipinski definition) is 3. The second kappa shape index (κ2) is 5.64. The van der Waals surface area contributed by atoms with E-state index in [1.165, 1.54) is 32.1 Å². The number of methoxy groups -OCH3 is 1. The maximum atomic E-state index is 13.6. The van der Waals surface area contributed by atoms with E-state index >= 15 is 0 Å². The Labute approximate surface area is 123 Å². The highest BCUT2D eigenvalue weighted by atomic mass is 19.1. The average Bonchev–Trinajstić information content (AvgIpc) is 3.09. The number of halogens is 1. The minimum Gasteiger partial charge on any atom is -0.494 e. The molecule has 2 aliphatic rings. The molecular weight excluding hydrogens is 273 g/mol. The fraction of sp³-hybridized carbons (Fsp3) is 0.562. The Morgan fingerprint density at radius 3 is 2.86 bits per heavy atom. The monoisotopic (exact) mass is 293 g/mol. The summed E-state index contributed by atoms with van der Waals surface area (Å²) in [5.74, 6) is -0.652. The molecule has 0 bridgehead atoms. The summed E-state index contributed by atoms with van der Waals surface area (Å²) in [5, 5.41) is 2.94. The fourth-order valence-corrected chi connectivity index (χ4v) is 3.38. The van der Waals surface area contributed by atoms with Crippen molar-refractivity contribution in [3.63, 3.8) is 0 Å². The standard InChI is InChI=1S/C16H20FNO3/c1-20-14-5-4-11(8-13(14)17)15(19)18-12-9-16(21-10-12)6-2-3-7-16/h4-5,8,12H,2-3,6-7,9-10H2,1H3,(H,18,19)/t12-/m0/s1. The van der Waals surface area contributed by atoms with E-state index < -0.39 is 5.82 Å². The van der Waals surface area contributed by atoms with Crippen LogP contribution in [0.25, 0.3) is 0 Å². The number of benzene rings is 1. The van der Waals surface area contributed by atoms with Gasteiger partial charge >= 0.3 is 0 Å². The molecule has 114 valence electrons. The van der Waals surface area contributed by atoms with Crippen molar-refractivity contribution in [1.29, 1.82) is 0 Å². The Bertz CT molecular complexity index is 540. The summed E-state index contributed by atoms with van der Waals surface area (Å²) >= 11 is 0. The van der Waals surface area contributed by atoms with Gasteiger partial charge in [0.25, 0.3) is 5.91 Å². The number of rotatable bonds is 3. The first-order valence-corrected chi connectivity index (χ1v) is 7.40. The van der Waals surface area contributed by atoms with Crippen LogP contribution in [0.4, 0.5) is 4.39 Å². The lowest BCUT2D eigenvalue weighted by Gasteiger charge is -2.21. The Balaban J connectivity index is 1.63. The number of amides is 1. The average molecular weight is 293 g/mol. The van der Waals surface area contributed by atoms with Gasteiger partial charge in [-0.1, -0.05) is 12.8 Å². The van der Waals surface area contributed by atoms with Crippen LogP contribution in [0.1, 0.15) is 42.5 Å². The lowest BCUT2D eigenvalue weighted by molar-refractivity contribution is 0.00988. The van der Waals surface area contributed by atoms with Gasteiger partial charge in [-0.15, -0.1) is 0 Å². The zero-order chi connectivity index (χ0) is 14.9. The molecule has 1 amide bonds. The van der Waals surface area contributed by atoms with Crippen molar-refractivity contribution < 1.29 is 18.7 Å². The summed E-state index contributed by atoms with van der Waals surface area (Å²) in [5.41, 5.74) is 0.281. The Morgan fingerprint density at radius 2 is 2.19 bits per heavy atom. The zero-order valence-corrected chi connectivity index (χ0v) is 12.2. The number of nitrogens with one attached hydrogen (secondary N) is 1.